The number of carbonyl (C=O) groups is 2. The van der Waals surface area contributed by atoms with Gasteiger partial charge in [0.05, 0.1) is 17.5 Å². The number of carbonyl (C=O) groups excluding carboxylic acids is 2. The fourth-order valence-corrected chi connectivity index (χ4v) is 2.67. The summed E-state index contributed by atoms with van der Waals surface area (Å²) in [7, 11) is 0. The van der Waals surface area contributed by atoms with Crippen LogP contribution in [0, 0.1) is 5.21 Å². The summed E-state index contributed by atoms with van der Waals surface area (Å²) in [6.45, 7) is 0. The molecule has 0 unspecified atom stereocenters. The highest BCUT2D eigenvalue weighted by Gasteiger charge is 2.28. The summed E-state index contributed by atoms with van der Waals surface area (Å²) < 4.78 is 15.8. The van der Waals surface area contributed by atoms with Crippen LogP contribution in [0.5, 0.6) is 11.5 Å². The molecule has 1 aromatic heterocycles. The van der Waals surface area contributed by atoms with Gasteiger partial charge in [0.1, 0.15) is 11.5 Å². The van der Waals surface area contributed by atoms with Gasteiger partial charge in [-0.25, -0.2) is 4.79 Å². The maximum absolute atomic E-state index is 12.5. The highest BCUT2D eigenvalue weighted by atomic mass is 16.8. The van der Waals surface area contributed by atoms with E-state index in [1.807, 2.05) is 0 Å². The average molecular weight is 378 g/mol. The summed E-state index contributed by atoms with van der Waals surface area (Å²) in [6, 6.07) is 13.5. The van der Waals surface area contributed by atoms with Crippen molar-refractivity contribution in [3.8, 4) is 11.5 Å². The molecule has 2 aromatic carbocycles. The standard InChI is InChI=1S/C20H12NO7/c22-19-15-7-6-14(27-20(23)16-5-2-8-26-16)11-17(15)28-18(19)10-12-3-1-4-13(9-12)21(24)25/h1-11,24H/q-1. The zero-order valence-electron chi connectivity index (χ0n) is 14.2. The normalized spacial score (nSPS) is 13.9. The minimum atomic E-state index is -0.673. The van der Waals surface area contributed by atoms with Gasteiger partial charge < -0.3 is 24.3 Å². The third kappa shape index (κ3) is 3.37. The monoisotopic (exact) mass is 378 g/mol. The highest BCUT2D eigenvalue weighted by molar-refractivity contribution is 6.14. The average Bonchev–Trinajstić information content (AvgIpc) is 3.31. The first-order chi connectivity index (χ1) is 13.5. The van der Waals surface area contributed by atoms with Crippen molar-refractivity contribution in [3.05, 3.63) is 88.7 Å². The van der Waals surface area contributed by atoms with E-state index in [0.29, 0.717) is 11.1 Å². The van der Waals surface area contributed by atoms with Crippen molar-refractivity contribution in [3.63, 3.8) is 0 Å². The van der Waals surface area contributed by atoms with Crippen LogP contribution in [0.2, 0.25) is 0 Å². The molecule has 8 nitrogen and oxygen atoms in total. The third-order valence-corrected chi connectivity index (χ3v) is 3.96. The smallest absolute Gasteiger partial charge is 0.379 e. The van der Waals surface area contributed by atoms with Gasteiger partial charge in [-0.15, -0.1) is 0 Å². The second kappa shape index (κ2) is 7.03. The van der Waals surface area contributed by atoms with Crippen LogP contribution in [0.4, 0.5) is 5.69 Å². The number of benzene rings is 2. The molecule has 0 fully saturated rings. The predicted octanol–water partition coefficient (Wildman–Crippen LogP) is 3.81. The Morgan fingerprint density at radius 2 is 2.00 bits per heavy atom. The maximum Gasteiger partial charge on any atom is 0.379 e. The van der Waals surface area contributed by atoms with E-state index in [2.05, 4.69) is 0 Å². The van der Waals surface area contributed by atoms with E-state index in [-0.39, 0.29) is 39.7 Å². The number of fused-ring (bicyclic) bond motifs is 1. The molecule has 4 rings (SSSR count). The van der Waals surface area contributed by atoms with Crippen molar-refractivity contribution in [2.75, 3.05) is 5.23 Å². The number of furan rings is 1. The molecule has 140 valence electrons. The van der Waals surface area contributed by atoms with E-state index in [9.17, 15) is 14.8 Å². The van der Waals surface area contributed by atoms with Crippen LogP contribution < -0.4 is 14.7 Å². The van der Waals surface area contributed by atoms with E-state index in [0.717, 1.165) is 0 Å². The molecule has 28 heavy (non-hydrogen) atoms. The van der Waals surface area contributed by atoms with Gasteiger partial charge in [-0.05, 0) is 48.0 Å². The van der Waals surface area contributed by atoms with Crippen molar-refractivity contribution in [2.24, 2.45) is 0 Å². The second-order valence-electron chi connectivity index (χ2n) is 5.83. The lowest BCUT2D eigenvalue weighted by atomic mass is 10.1. The Hall–Kier alpha value is -3.88. The Labute approximate surface area is 158 Å². The molecule has 0 amide bonds. The van der Waals surface area contributed by atoms with Gasteiger partial charge in [-0.2, -0.15) is 0 Å². The number of anilines is 1. The molecule has 0 saturated heterocycles. The zero-order valence-corrected chi connectivity index (χ0v) is 14.2. The fraction of sp³-hybridized carbons (Fsp3) is 0. The number of rotatable bonds is 4. The molecule has 1 N–H and O–H groups in total. The lowest BCUT2D eigenvalue weighted by molar-refractivity contribution is 0.0701. The van der Waals surface area contributed by atoms with Crippen molar-refractivity contribution in [1.29, 1.82) is 0 Å². The summed E-state index contributed by atoms with van der Waals surface area (Å²) in [4.78, 5) is 24.4. The van der Waals surface area contributed by atoms with Crippen LogP contribution in [-0.4, -0.2) is 17.0 Å². The molecule has 0 atom stereocenters. The number of hydrogen-bond donors (Lipinski definition) is 1. The lowest BCUT2D eigenvalue weighted by Crippen LogP contribution is -2.07. The van der Waals surface area contributed by atoms with E-state index in [1.54, 1.807) is 18.2 Å². The molecule has 0 radical (unpaired) electrons. The molecule has 1 aliphatic rings. The number of allylic oxidation sites excluding steroid dienone is 1. The Morgan fingerprint density at radius 1 is 1.14 bits per heavy atom. The number of hydrogen-bond acceptors (Lipinski definition) is 8. The van der Waals surface area contributed by atoms with Crippen LogP contribution >= 0.6 is 0 Å². The molecular weight excluding hydrogens is 366 g/mol. The summed E-state index contributed by atoms with van der Waals surface area (Å²) in [5.41, 5.74) is 0.824. The van der Waals surface area contributed by atoms with Gasteiger partial charge >= 0.3 is 5.97 Å². The van der Waals surface area contributed by atoms with Crippen LogP contribution in [0.15, 0.2) is 71.0 Å². The summed E-state index contributed by atoms with van der Waals surface area (Å²) in [5, 5.41) is 19.7. The number of Topliss-reactive ketones (excluding diaryl/α,β-unsaturated/α-hetero) is 1. The van der Waals surface area contributed by atoms with Crippen molar-refractivity contribution in [1.82, 2.24) is 0 Å². The molecular formula is C20H12NO7-. The number of ether oxygens (including phenoxy) is 2. The Bertz CT molecular complexity index is 1080. The van der Waals surface area contributed by atoms with Gasteiger partial charge in [-0.1, -0.05) is 12.1 Å². The largest absolute Gasteiger partial charge is 0.733 e. The SMILES string of the molecule is O=C(Oc1ccc2c(c1)OC(=Cc1cccc(N([O-])O)c1)C2=O)c1ccco1. The maximum atomic E-state index is 12.5. The first-order valence-corrected chi connectivity index (χ1v) is 8.11. The fourth-order valence-electron chi connectivity index (χ4n) is 2.67. The first kappa shape index (κ1) is 17.5. The van der Waals surface area contributed by atoms with Crippen LogP contribution in [0.3, 0.4) is 0 Å². The topological polar surface area (TPSA) is 112 Å². The minimum Gasteiger partial charge on any atom is -0.733 e. The third-order valence-electron chi connectivity index (χ3n) is 3.96. The van der Waals surface area contributed by atoms with Crippen molar-refractivity contribution in [2.45, 2.75) is 0 Å². The van der Waals surface area contributed by atoms with E-state index in [4.69, 9.17) is 19.1 Å². The molecule has 3 aromatic rings. The van der Waals surface area contributed by atoms with Gasteiger partial charge in [0.25, 0.3) is 0 Å². The summed E-state index contributed by atoms with van der Waals surface area (Å²) in [6.07, 6.45) is 2.81. The molecule has 1 aliphatic heterocycles. The van der Waals surface area contributed by atoms with E-state index >= 15 is 0 Å². The minimum absolute atomic E-state index is 0.0180. The molecule has 0 aliphatic carbocycles. The van der Waals surface area contributed by atoms with Crippen LogP contribution in [0.25, 0.3) is 6.08 Å². The van der Waals surface area contributed by atoms with Crippen molar-refractivity contribution >= 4 is 23.5 Å². The molecule has 8 heteroatoms. The number of esters is 1. The van der Waals surface area contributed by atoms with Gasteiger partial charge in [-0.3, -0.25) is 10.0 Å². The Morgan fingerprint density at radius 3 is 2.75 bits per heavy atom. The first-order valence-electron chi connectivity index (χ1n) is 8.11. The number of nitrogens with zero attached hydrogens (tertiary/aromatic N) is 1. The second-order valence-corrected chi connectivity index (χ2v) is 5.83. The van der Waals surface area contributed by atoms with Gasteiger partial charge in [0, 0.05) is 6.07 Å². The van der Waals surface area contributed by atoms with Crippen LogP contribution in [0.1, 0.15) is 26.5 Å². The van der Waals surface area contributed by atoms with Crippen LogP contribution in [-0.2, 0) is 0 Å². The van der Waals surface area contributed by atoms with Crippen molar-refractivity contribution < 1.29 is 28.7 Å². The van der Waals surface area contributed by atoms with Gasteiger partial charge in [0.2, 0.25) is 11.5 Å². The molecule has 0 saturated carbocycles. The molecule has 0 bridgehead atoms. The van der Waals surface area contributed by atoms with Gasteiger partial charge in [0.15, 0.2) is 5.76 Å². The molecule has 2 heterocycles. The Balaban J connectivity index is 1.56. The lowest BCUT2D eigenvalue weighted by Gasteiger charge is -2.21. The van der Waals surface area contributed by atoms with E-state index < -0.39 is 5.97 Å². The molecule has 0 spiro atoms. The predicted molar refractivity (Wildman–Crippen MR) is 97.1 cm³/mol. The summed E-state index contributed by atoms with van der Waals surface area (Å²) in [5.74, 6) is -0.505. The highest BCUT2D eigenvalue weighted by Crippen LogP contribution is 2.35. The number of ketones is 1. The quantitative estimate of drug-likeness (QED) is 0.316. The van der Waals surface area contributed by atoms with E-state index in [1.165, 1.54) is 48.7 Å². The summed E-state index contributed by atoms with van der Waals surface area (Å²) >= 11 is 0. The Kier molecular flexibility index (Phi) is 4.40. The zero-order chi connectivity index (χ0) is 19.7.